The number of aliphatic hydroxyl groups is 1. The molecule has 0 amide bonds. The van der Waals surface area contributed by atoms with Crippen molar-refractivity contribution in [3.63, 3.8) is 0 Å². The van der Waals surface area contributed by atoms with Crippen molar-refractivity contribution in [3.05, 3.63) is 0 Å². The lowest BCUT2D eigenvalue weighted by atomic mass is 10.1. The minimum Gasteiger partial charge on any atom is -0.396 e. The van der Waals surface area contributed by atoms with Gasteiger partial charge in [-0.1, -0.05) is 26.2 Å². The molecule has 1 heteroatoms. The van der Waals surface area contributed by atoms with Crippen LogP contribution in [0.3, 0.4) is 0 Å². The van der Waals surface area contributed by atoms with E-state index in [1.807, 2.05) is 0 Å². The molecule has 1 nitrogen and oxygen atoms in total. The van der Waals surface area contributed by atoms with E-state index in [9.17, 15) is 0 Å². The third-order valence-electron chi connectivity index (χ3n) is 1.99. The number of hydrogen-bond acceptors (Lipinski definition) is 1. The highest BCUT2D eigenvalue weighted by Gasteiger charge is 1.84. The molecule has 76 valence electrons. The molecule has 0 aliphatic carbocycles. The number of unbranched alkanes of at least 4 members (excludes halogenated alkanes) is 6. The summed E-state index contributed by atoms with van der Waals surface area (Å²) in [6, 6.07) is 0. The van der Waals surface area contributed by atoms with Gasteiger partial charge in [0.25, 0.3) is 0 Å². The first-order valence-corrected chi connectivity index (χ1v) is 5.48. The summed E-state index contributed by atoms with van der Waals surface area (Å²) >= 11 is 0. The first-order chi connectivity index (χ1) is 6.41. The molecule has 0 aromatic rings. The molecule has 0 saturated heterocycles. The van der Waals surface area contributed by atoms with Crippen LogP contribution in [-0.4, -0.2) is 11.7 Å². The molecule has 0 aromatic heterocycles. The zero-order valence-corrected chi connectivity index (χ0v) is 8.81. The molecule has 0 fully saturated rings. The van der Waals surface area contributed by atoms with Crippen molar-refractivity contribution < 1.29 is 5.11 Å². The van der Waals surface area contributed by atoms with Gasteiger partial charge in [0.1, 0.15) is 0 Å². The van der Waals surface area contributed by atoms with Gasteiger partial charge in [-0.3, -0.25) is 0 Å². The third-order valence-corrected chi connectivity index (χ3v) is 1.99. The molecule has 0 radical (unpaired) electrons. The summed E-state index contributed by atoms with van der Waals surface area (Å²) < 4.78 is 0. The van der Waals surface area contributed by atoms with E-state index >= 15 is 0 Å². The Bertz CT molecular complexity index is 141. The topological polar surface area (TPSA) is 20.2 Å². The van der Waals surface area contributed by atoms with Crippen LogP contribution in [0.25, 0.3) is 0 Å². The molecule has 0 aliphatic rings. The van der Waals surface area contributed by atoms with Gasteiger partial charge in [-0.15, -0.1) is 11.8 Å². The number of hydrogen-bond donors (Lipinski definition) is 1. The first-order valence-electron chi connectivity index (χ1n) is 5.48. The highest BCUT2D eigenvalue weighted by Crippen LogP contribution is 2.01. The Kier molecular flexibility index (Phi) is 11.1. The lowest BCUT2D eigenvalue weighted by molar-refractivity contribution is 0.285. The van der Waals surface area contributed by atoms with Gasteiger partial charge in [-0.05, 0) is 19.3 Å². The maximum Gasteiger partial charge on any atom is 0.0431 e. The van der Waals surface area contributed by atoms with Gasteiger partial charge in [0, 0.05) is 19.4 Å². The summed E-state index contributed by atoms with van der Waals surface area (Å²) in [5.74, 6) is 6.31. The summed E-state index contributed by atoms with van der Waals surface area (Å²) in [5.41, 5.74) is 0. The van der Waals surface area contributed by atoms with Crippen LogP contribution in [0, 0.1) is 11.8 Å². The second kappa shape index (κ2) is 11.5. The highest BCUT2D eigenvalue weighted by molar-refractivity contribution is 4.98. The molecule has 0 saturated carbocycles. The predicted octanol–water partition coefficient (Wildman–Crippen LogP) is 3.12. The van der Waals surface area contributed by atoms with Gasteiger partial charge in [-0.2, -0.15) is 0 Å². The monoisotopic (exact) mass is 182 g/mol. The molecular formula is C12H22O. The van der Waals surface area contributed by atoms with Crippen LogP contribution in [0.2, 0.25) is 0 Å². The van der Waals surface area contributed by atoms with E-state index in [1.54, 1.807) is 0 Å². The number of rotatable bonds is 7. The van der Waals surface area contributed by atoms with E-state index in [-0.39, 0.29) is 0 Å². The molecule has 0 aromatic carbocycles. The van der Waals surface area contributed by atoms with E-state index in [4.69, 9.17) is 5.11 Å². The minimum absolute atomic E-state index is 0.304. The molecule has 0 rings (SSSR count). The van der Waals surface area contributed by atoms with Crippen molar-refractivity contribution in [2.45, 2.75) is 58.3 Å². The minimum atomic E-state index is 0.304. The number of aliphatic hydroxyl groups excluding tert-OH is 1. The van der Waals surface area contributed by atoms with E-state index in [0.717, 1.165) is 25.7 Å². The fraction of sp³-hybridized carbons (Fsp3) is 0.833. The van der Waals surface area contributed by atoms with Crippen LogP contribution >= 0.6 is 0 Å². The molecular weight excluding hydrogens is 160 g/mol. The van der Waals surface area contributed by atoms with Crippen molar-refractivity contribution >= 4 is 0 Å². The van der Waals surface area contributed by atoms with Crippen LogP contribution in [0.4, 0.5) is 0 Å². The summed E-state index contributed by atoms with van der Waals surface area (Å²) in [6.45, 7) is 2.53. The SMILES string of the molecule is CCCCCCC#CCCCCO. The van der Waals surface area contributed by atoms with Crippen molar-refractivity contribution in [2.75, 3.05) is 6.61 Å². The Morgan fingerprint density at radius 2 is 1.46 bits per heavy atom. The van der Waals surface area contributed by atoms with Gasteiger partial charge in [0.15, 0.2) is 0 Å². The predicted molar refractivity (Wildman–Crippen MR) is 57.5 cm³/mol. The van der Waals surface area contributed by atoms with Crippen molar-refractivity contribution in [2.24, 2.45) is 0 Å². The van der Waals surface area contributed by atoms with E-state index in [2.05, 4.69) is 18.8 Å². The fourth-order valence-electron chi connectivity index (χ4n) is 1.14. The quantitative estimate of drug-likeness (QED) is 0.474. The largest absolute Gasteiger partial charge is 0.396 e. The van der Waals surface area contributed by atoms with Gasteiger partial charge < -0.3 is 5.11 Å². The average Bonchev–Trinajstić information content (AvgIpc) is 2.16. The summed E-state index contributed by atoms with van der Waals surface area (Å²) in [6.07, 6.45) is 9.15. The Labute approximate surface area is 82.5 Å². The Morgan fingerprint density at radius 3 is 2.00 bits per heavy atom. The van der Waals surface area contributed by atoms with E-state index < -0.39 is 0 Å². The Morgan fingerprint density at radius 1 is 0.846 bits per heavy atom. The van der Waals surface area contributed by atoms with Gasteiger partial charge in [0.2, 0.25) is 0 Å². The van der Waals surface area contributed by atoms with Crippen LogP contribution < -0.4 is 0 Å². The maximum atomic E-state index is 8.52. The Hall–Kier alpha value is -0.480. The van der Waals surface area contributed by atoms with Gasteiger partial charge in [0.05, 0.1) is 0 Å². The molecule has 1 N–H and O–H groups in total. The molecule has 0 atom stereocenters. The molecule has 0 aliphatic heterocycles. The zero-order chi connectivity index (χ0) is 9.78. The van der Waals surface area contributed by atoms with Crippen LogP contribution in [-0.2, 0) is 0 Å². The molecule has 0 bridgehead atoms. The van der Waals surface area contributed by atoms with Crippen molar-refractivity contribution in [1.82, 2.24) is 0 Å². The standard InChI is InChI=1S/C12H22O/c1-2-3-4-5-6-7-8-9-10-11-12-13/h13H,2-6,9-12H2,1H3. The zero-order valence-electron chi connectivity index (χ0n) is 8.81. The smallest absolute Gasteiger partial charge is 0.0431 e. The lowest BCUT2D eigenvalue weighted by Gasteiger charge is -1.92. The van der Waals surface area contributed by atoms with Crippen molar-refractivity contribution in [3.8, 4) is 11.8 Å². The summed E-state index contributed by atoms with van der Waals surface area (Å²) in [5, 5.41) is 8.52. The average molecular weight is 182 g/mol. The fourth-order valence-corrected chi connectivity index (χ4v) is 1.14. The Balaban J connectivity index is 3.02. The normalized spacial score (nSPS) is 9.38. The van der Waals surface area contributed by atoms with Gasteiger partial charge >= 0.3 is 0 Å². The highest BCUT2D eigenvalue weighted by atomic mass is 16.2. The third kappa shape index (κ3) is 11.5. The van der Waals surface area contributed by atoms with Crippen LogP contribution in [0.5, 0.6) is 0 Å². The molecule has 13 heavy (non-hydrogen) atoms. The second-order valence-corrected chi connectivity index (χ2v) is 3.34. The maximum absolute atomic E-state index is 8.52. The van der Waals surface area contributed by atoms with Crippen molar-refractivity contribution in [1.29, 1.82) is 0 Å². The van der Waals surface area contributed by atoms with E-state index in [1.165, 1.54) is 25.7 Å². The second-order valence-electron chi connectivity index (χ2n) is 3.34. The van der Waals surface area contributed by atoms with Gasteiger partial charge in [-0.25, -0.2) is 0 Å². The molecule has 0 heterocycles. The molecule has 0 spiro atoms. The summed E-state index contributed by atoms with van der Waals surface area (Å²) in [4.78, 5) is 0. The van der Waals surface area contributed by atoms with E-state index in [0.29, 0.717) is 6.61 Å². The summed E-state index contributed by atoms with van der Waals surface area (Å²) in [7, 11) is 0. The van der Waals surface area contributed by atoms with Crippen LogP contribution in [0.15, 0.2) is 0 Å². The first kappa shape index (κ1) is 12.5. The lowest BCUT2D eigenvalue weighted by Crippen LogP contribution is -1.80. The van der Waals surface area contributed by atoms with Crippen LogP contribution in [0.1, 0.15) is 58.3 Å². The molecule has 0 unspecified atom stereocenters.